The molecule has 0 aliphatic rings. The van der Waals surface area contributed by atoms with Crippen molar-refractivity contribution in [3.63, 3.8) is 0 Å². The van der Waals surface area contributed by atoms with Crippen LogP contribution in [-0.4, -0.2) is 44.9 Å². The average molecular weight is 239 g/mol. The van der Waals surface area contributed by atoms with Gasteiger partial charge in [-0.3, -0.25) is 4.79 Å². The van der Waals surface area contributed by atoms with Gasteiger partial charge < -0.3 is 10.2 Å². The Bertz CT molecular complexity index is 358. The number of amides is 1. The van der Waals surface area contributed by atoms with E-state index in [1.165, 1.54) is 0 Å². The van der Waals surface area contributed by atoms with E-state index in [1.54, 1.807) is 15.8 Å². The lowest BCUT2D eigenvalue weighted by Crippen LogP contribution is -2.41. The fraction of sp³-hybridized carbons (Fsp3) is 0.727. The van der Waals surface area contributed by atoms with Crippen molar-refractivity contribution in [3.8, 4) is 0 Å². The summed E-state index contributed by atoms with van der Waals surface area (Å²) < 4.78 is 1.73. The van der Waals surface area contributed by atoms with Gasteiger partial charge in [0, 0.05) is 19.6 Å². The van der Waals surface area contributed by atoms with Crippen LogP contribution < -0.4 is 5.32 Å². The number of aromatic nitrogens is 3. The molecule has 17 heavy (non-hydrogen) atoms. The van der Waals surface area contributed by atoms with Crippen LogP contribution in [0.25, 0.3) is 0 Å². The summed E-state index contributed by atoms with van der Waals surface area (Å²) in [5.41, 5.74) is 0. The average Bonchev–Trinajstić information content (AvgIpc) is 2.77. The van der Waals surface area contributed by atoms with Crippen LogP contribution in [0.1, 0.15) is 27.7 Å². The molecule has 0 saturated carbocycles. The van der Waals surface area contributed by atoms with Gasteiger partial charge >= 0.3 is 0 Å². The molecule has 1 amide bonds. The molecule has 96 valence electrons. The molecule has 0 saturated heterocycles. The molecule has 0 fully saturated rings. The Morgan fingerprint density at radius 3 is 2.65 bits per heavy atom. The summed E-state index contributed by atoms with van der Waals surface area (Å²) >= 11 is 0. The molecule has 0 aliphatic carbocycles. The summed E-state index contributed by atoms with van der Waals surface area (Å²) in [7, 11) is 0. The molecule has 1 unspecified atom stereocenters. The second-order valence-corrected chi connectivity index (χ2v) is 3.81. The number of likely N-dealkylation sites (N-methyl/N-ethyl adjacent to an activating group) is 1. The van der Waals surface area contributed by atoms with Crippen LogP contribution in [0.4, 0.5) is 5.82 Å². The number of hydrogen-bond donors (Lipinski definition) is 1. The summed E-state index contributed by atoms with van der Waals surface area (Å²) in [6, 6.07) is -0.265. The molecule has 6 nitrogen and oxygen atoms in total. The summed E-state index contributed by atoms with van der Waals surface area (Å²) in [6.45, 7) is 9.98. The largest absolute Gasteiger partial charge is 0.357 e. The van der Waals surface area contributed by atoms with Crippen molar-refractivity contribution in [2.45, 2.75) is 40.3 Å². The van der Waals surface area contributed by atoms with Crippen molar-refractivity contribution < 1.29 is 4.79 Å². The smallest absolute Gasteiger partial charge is 0.244 e. The third-order valence-electron chi connectivity index (χ3n) is 2.73. The Morgan fingerprint density at radius 2 is 2.12 bits per heavy atom. The zero-order valence-electron chi connectivity index (χ0n) is 11.0. The minimum atomic E-state index is -0.265. The minimum Gasteiger partial charge on any atom is -0.357 e. The monoisotopic (exact) mass is 239 g/mol. The maximum atomic E-state index is 12.0. The molecule has 1 aromatic heterocycles. The number of aryl methyl sites for hydroxylation is 1. The van der Waals surface area contributed by atoms with Gasteiger partial charge in [-0.15, -0.1) is 5.10 Å². The van der Waals surface area contributed by atoms with Gasteiger partial charge in [-0.05, 0) is 27.7 Å². The van der Waals surface area contributed by atoms with E-state index in [9.17, 15) is 4.79 Å². The number of carbonyl (C=O) groups is 1. The van der Waals surface area contributed by atoms with Crippen LogP contribution in [0.3, 0.4) is 0 Å². The van der Waals surface area contributed by atoms with Crippen molar-refractivity contribution >= 4 is 11.7 Å². The van der Waals surface area contributed by atoms with Gasteiger partial charge in [0.15, 0.2) is 0 Å². The van der Waals surface area contributed by atoms with E-state index >= 15 is 0 Å². The Hall–Kier alpha value is -1.59. The van der Waals surface area contributed by atoms with Crippen LogP contribution in [0.2, 0.25) is 0 Å². The molecule has 0 spiro atoms. The highest BCUT2D eigenvalue weighted by Gasteiger charge is 2.19. The zero-order valence-corrected chi connectivity index (χ0v) is 11.0. The quantitative estimate of drug-likeness (QED) is 0.803. The lowest BCUT2D eigenvalue weighted by Gasteiger charge is -2.23. The van der Waals surface area contributed by atoms with Crippen molar-refractivity contribution in [1.29, 1.82) is 0 Å². The number of carbonyl (C=O) groups excluding carboxylic acids is 1. The van der Waals surface area contributed by atoms with Crippen molar-refractivity contribution in [2.75, 3.05) is 18.4 Å². The first-order valence-corrected chi connectivity index (χ1v) is 6.07. The Morgan fingerprint density at radius 1 is 1.47 bits per heavy atom. The summed E-state index contributed by atoms with van der Waals surface area (Å²) in [5, 5.41) is 10.9. The molecule has 0 radical (unpaired) electrons. The van der Waals surface area contributed by atoms with Crippen LogP contribution >= 0.6 is 0 Å². The third kappa shape index (κ3) is 3.18. The van der Waals surface area contributed by atoms with Gasteiger partial charge in [-0.2, -0.15) is 0 Å². The van der Waals surface area contributed by atoms with Crippen LogP contribution in [0, 0.1) is 0 Å². The molecular formula is C11H21N5O. The number of nitrogens with one attached hydrogen (secondary N) is 1. The summed E-state index contributed by atoms with van der Waals surface area (Å²) in [5.74, 6) is 0.874. The number of anilines is 1. The van der Waals surface area contributed by atoms with Crippen molar-refractivity contribution in [2.24, 2.45) is 0 Å². The SMILES string of the molecule is CCN(CC)C(=O)C(C)Nc1cnnn1CC. The minimum absolute atomic E-state index is 0.0962. The molecule has 1 atom stereocenters. The van der Waals surface area contributed by atoms with Crippen LogP contribution in [-0.2, 0) is 11.3 Å². The van der Waals surface area contributed by atoms with Gasteiger partial charge in [0.2, 0.25) is 5.91 Å². The topological polar surface area (TPSA) is 63.1 Å². The number of rotatable bonds is 6. The Kier molecular flexibility index (Phi) is 4.93. The number of hydrogen-bond acceptors (Lipinski definition) is 4. The summed E-state index contributed by atoms with van der Waals surface area (Å²) in [6.07, 6.45) is 1.63. The molecular weight excluding hydrogens is 218 g/mol. The van der Waals surface area contributed by atoms with Gasteiger partial charge in [0.25, 0.3) is 0 Å². The Labute approximate surface area is 102 Å². The van der Waals surface area contributed by atoms with E-state index in [-0.39, 0.29) is 11.9 Å². The predicted molar refractivity (Wildman–Crippen MR) is 66.7 cm³/mol. The van der Waals surface area contributed by atoms with Gasteiger partial charge in [-0.25, -0.2) is 4.68 Å². The van der Waals surface area contributed by atoms with Crippen molar-refractivity contribution in [3.05, 3.63) is 6.20 Å². The lowest BCUT2D eigenvalue weighted by molar-refractivity contribution is -0.131. The lowest BCUT2D eigenvalue weighted by atomic mass is 10.3. The zero-order chi connectivity index (χ0) is 12.8. The molecule has 1 N–H and O–H groups in total. The van der Waals surface area contributed by atoms with Crippen LogP contribution in [0.5, 0.6) is 0 Å². The van der Waals surface area contributed by atoms with E-state index in [2.05, 4.69) is 15.6 Å². The first kappa shape index (κ1) is 13.5. The predicted octanol–water partition coefficient (Wildman–Crippen LogP) is 0.967. The highest BCUT2D eigenvalue weighted by Crippen LogP contribution is 2.07. The normalized spacial score (nSPS) is 12.2. The molecule has 6 heteroatoms. The molecule has 1 aromatic rings. The van der Waals surface area contributed by atoms with Crippen molar-refractivity contribution in [1.82, 2.24) is 19.9 Å². The number of nitrogens with zero attached hydrogens (tertiary/aromatic N) is 4. The highest BCUT2D eigenvalue weighted by molar-refractivity contribution is 5.83. The van der Waals surface area contributed by atoms with E-state index in [4.69, 9.17) is 0 Å². The highest BCUT2D eigenvalue weighted by atomic mass is 16.2. The first-order valence-electron chi connectivity index (χ1n) is 6.07. The molecule has 0 aromatic carbocycles. The molecule has 0 bridgehead atoms. The maximum absolute atomic E-state index is 12.0. The maximum Gasteiger partial charge on any atom is 0.244 e. The molecule has 1 heterocycles. The van der Waals surface area contributed by atoms with Crippen LogP contribution in [0.15, 0.2) is 6.20 Å². The van der Waals surface area contributed by atoms with E-state index < -0.39 is 0 Å². The van der Waals surface area contributed by atoms with E-state index in [0.717, 1.165) is 25.5 Å². The fourth-order valence-electron chi connectivity index (χ4n) is 1.70. The second kappa shape index (κ2) is 6.22. The fourth-order valence-corrected chi connectivity index (χ4v) is 1.70. The molecule has 1 rings (SSSR count). The van der Waals surface area contributed by atoms with E-state index in [0.29, 0.717) is 0 Å². The van der Waals surface area contributed by atoms with E-state index in [1.807, 2.05) is 27.7 Å². The Balaban J connectivity index is 2.65. The summed E-state index contributed by atoms with van der Waals surface area (Å²) in [4.78, 5) is 13.8. The molecule has 0 aliphatic heterocycles. The van der Waals surface area contributed by atoms with Gasteiger partial charge in [-0.1, -0.05) is 5.21 Å². The van der Waals surface area contributed by atoms with Gasteiger partial charge in [0.05, 0.1) is 6.20 Å². The van der Waals surface area contributed by atoms with Gasteiger partial charge in [0.1, 0.15) is 11.9 Å². The second-order valence-electron chi connectivity index (χ2n) is 3.81. The first-order chi connectivity index (χ1) is 8.13. The third-order valence-corrected chi connectivity index (χ3v) is 2.73. The standard InChI is InChI=1S/C11H21N5O/c1-5-15(6-2)11(17)9(4)13-10-8-12-14-16(10)7-3/h8-9,13H,5-7H2,1-4H3.